The number of likely N-dealkylation sites (tertiary alicyclic amines) is 2. The molecule has 206 valence electrons. The molecule has 3 N–H and O–H groups in total. The molecule has 0 radical (unpaired) electrons. The first kappa shape index (κ1) is 29.5. The zero-order valence-corrected chi connectivity index (χ0v) is 21.5. The van der Waals surface area contributed by atoms with Gasteiger partial charge in [0.2, 0.25) is 0 Å². The van der Waals surface area contributed by atoms with Crippen LogP contribution in [0.1, 0.15) is 32.3 Å². The standard InChI is InChI=1S/C25H33BF2N4O6/c1-24(2,32-11-9-25(27,28)17-32)13-20(14-29)22(33)31-10-8-19(15-31)16-37-23(34)30-21(38-26(35)36)12-18-6-4-3-5-7-18/h3-7,13,19,21,35-36H,8-12,15-17H2,1-2H3,(H,30,34)/t19-,21+/m0/s1. The molecule has 0 unspecified atom stereocenters. The van der Waals surface area contributed by atoms with E-state index in [1.54, 1.807) is 43.0 Å². The zero-order valence-electron chi connectivity index (χ0n) is 21.5. The molecule has 1 aromatic carbocycles. The van der Waals surface area contributed by atoms with E-state index in [1.807, 2.05) is 12.1 Å². The third-order valence-electron chi connectivity index (χ3n) is 6.69. The van der Waals surface area contributed by atoms with E-state index in [1.165, 1.54) is 11.0 Å². The van der Waals surface area contributed by atoms with E-state index in [9.17, 15) is 23.6 Å². The van der Waals surface area contributed by atoms with Crippen molar-refractivity contribution in [2.45, 2.75) is 50.8 Å². The van der Waals surface area contributed by atoms with E-state index >= 15 is 0 Å². The Morgan fingerprint density at radius 1 is 1.32 bits per heavy atom. The lowest BCUT2D eigenvalue weighted by atomic mass is 9.99. The van der Waals surface area contributed by atoms with Crippen LogP contribution in [0.25, 0.3) is 0 Å². The fourth-order valence-corrected chi connectivity index (χ4v) is 4.61. The minimum absolute atomic E-state index is 0.00466. The molecule has 0 bridgehead atoms. The van der Waals surface area contributed by atoms with Gasteiger partial charge in [-0.1, -0.05) is 30.3 Å². The quantitative estimate of drug-likeness (QED) is 0.179. The van der Waals surface area contributed by atoms with E-state index in [0.717, 1.165) is 5.56 Å². The van der Waals surface area contributed by atoms with Gasteiger partial charge < -0.3 is 24.3 Å². The highest BCUT2D eigenvalue weighted by atomic mass is 19.3. The van der Waals surface area contributed by atoms with Crippen molar-refractivity contribution in [3.8, 4) is 6.07 Å². The highest BCUT2D eigenvalue weighted by Gasteiger charge is 2.43. The number of ether oxygens (including phenoxy) is 1. The first-order valence-corrected chi connectivity index (χ1v) is 12.4. The number of carbonyl (C=O) groups is 2. The van der Waals surface area contributed by atoms with Gasteiger partial charge in [0, 0.05) is 43.9 Å². The van der Waals surface area contributed by atoms with E-state index in [0.29, 0.717) is 13.0 Å². The average molecular weight is 534 g/mol. The number of nitrogens with zero attached hydrogens (tertiary/aromatic N) is 3. The van der Waals surface area contributed by atoms with E-state index in [4.69, 9.17) is 19.4 Å². The van der Waals surface area contributed by atoms with Crippen molar-refractivity contribution in [3.05, 3.63) is 47.5 Å². The summed E-state index contributed by atoms with van der Waals surface area (Å²) >= 11 is 0. The molecule has 13 heteroatoms. The van der Waals surface area contributed by atoms with Crippen LogP contribution in [-0.2, 0) is 20.6 Å². The molecule has 2 aliphatic heterocycles. The first-order chi connectivity index (χ1) is 17.9. The Morgan fingerprint density at radius 3 is 2.63 bits per heavy atom. The summed E-state index contributed by atoms with van der Waals surface area (Å²) in [6.45, 7) is 3.74. The molecular formula is C25H33BF2N4O6. The molecule has 2 fully saturated rings. The number of nitrogens with one attached hydrogen (secondary N) is 1. The van der Waals surface area contributed by atoms with Crippen LogP contribution in [0.5, 0.6) is 0 Å². The molecule has 0 aliphatic carbocycles. The van der Waals surface area contributed by atoms with Crippen molar-refractivity contribution >= 4 is 19.3 Å². The molecule has 2 saturated heterocycles. The van der Waals surface area contributed by atoms with Gasteiger partial charge in [-0.25, -0.2) is 13.6 Å². The molecule has 0 spiro atoms. The van der Waals surface area contributed by atoms with Crippen molar-refractivity contribution < 1.29 is 37.8 Å². The van der Waals surface area contributed by atoms with E-state index < -0.39 is 43.6 Å². The van der Waals surface area contributed by atoms with Crippen molar-refractivity contribution in [2.75, 3.05) is 32.8 Å². The summed E-state index contributed by atoms with van der Waals surface area (Å²) in [4.78, 5) is 28.3. The number of halogens is 2. The van der Waals surface area contributed by atoms with Crippen LogP contribution in [0.4, 0.5) is 13.6 Å². The van der Waals surface area contributed by atoms with Gasteiger partial charge in [0.1, 0.15) is 17.9 Å². The maximum atomic E-state index is 13.7. The van der Waals surface area contributed by atoms with E-state index in [2.05, 4.69) is 5.32 Å². The average Bonchev–Trinajstić information content (AvgIpc) is 3.47. The minimum atomic E-state index is -2.79. The smallest absolute Gasteiger partial charge is 0.449 e. The molecule has 1 aromatic rings. The Hall–Kier alpha value is -3.05. The molecule has 3 rings (SSSR count). The Bertz CT molecular complexity index is 1050. The molecule has 2 atom stereocenters. The molecule has 2 amide bonds. The molecule has 38 heavy (non-hydrogen) atoms. The number of hydrogen-bond acceptors (Lipinski definition) is 8. The van der Waals surface area contributed by atoms with E-state index in [-0.39, 0.29) is 44.0 Å². The Balaban J connectivity index is 1.51. The molecule has 2 aliphatic rings. The van der Waals surface area contributed by atoms with Gasteiger partial charge in [0.25, 0.3) is 11.8 Å². The van der Waals surface area contributed by atoms with Gasteiger partial charge in [-0.3, -0.25) is 15.0 Å². The van der Waals surface area contributed by atoms with Crippen LogP contribution >= 0.6 is 0 Å². The second-order valence-corrected chi connectivity index (χ2v) is 10.1. The number of alkyl carbamates (subject to hydrolysis) is 1. The SMILES string of the molecule is CC(C)(C=C(C#N)C(=O)N1CC[C@H](COC(=O)N[C@@H](Cc2ccccc2)OB(O)O)C1)N1CCC(F)(F)C1. The predicted octanol–water partition coefficient (Wildman–Crippen LogP) is 1.69. The van der Waals surface area contributed by atoms with Gasteiger partial charge in [-0.15, -0.1) is 0 Å². The van der Waals surface area contributed by atoms with Crippen LogP contribution in [0.2, 0.25) is 0 Å². The molecule has 2 heterocycles. The van der Waals surface area contributed by atoms with Crippen LogP contribution in [0.15, 0.2) is 42.0 Å². The largest absolute Gasteiger partial charge is 0.635 e. The van der Waals surface area contributed by atoms with Crippen LogP contribution in [-0.4, -0.2) is 89.6 Å². The number of amides is 2. The number of nitriles is 1. The molecular weight excluding hydrogens is 501 g/mol. The molecule has 10 nitrogen and oxygen atoms in total. The minimum Gasteiger partial charge on any atom is -0.449 e. The second kappa shape index (κ2) is 12.7. The fourth-order valence-electron chi connectivity index (χ4n) is 4.61. The Morgan fingerprint density at radius 2 is 2.03 bits per heavy atom. The Kier molecular flexibility index (Phi) is 9.84. The van der Waals surface area contributed by atoms with Crippen molar-refractivity contribution in [3.63, 3.8) is 0 Å². The van der Waals surface area contributed by atoms with Gasteiger partial charge in [-0.2, -0.15) is 5.26 Å². The van der Waals surface area contributed by atoms with Gasteiger partial charge in [0.15, 0.2) is 0 Å². The topological polar surface area (TPSA) is 135 Å². The van der Waals surface area contributed by atoms with Gasteiger partial charge in [0.05, 0.1) is 13.2 Å². The lowest BCUT2D eigenvalue weighted by Crippen LogP contribution is -2.43. The lowest BCUT2D eigenvalue weighted by Gasteiger charge is -2.33. The van der Waals surface area contributed by atoms with Crippen LogP contribution in [0.3, 0.4) is 0 Å². The fraction of sp³-hybridized carbons (Fsp3) is 0.560. The maximum absolute atomic E-state index is 13.7. The number of hydrogen-bond donors (Lipinski definition) is 3. The summed E-state index contributed by atoms with van der Waals surface area (Å²) in [5, 5.41) is 30.4. The predicted molar refractivity (Wildman–Crippen MR) is 133 cm³/mol. The highest BCUT2D eigenvalue weighted by Crippen LogP contribution is 2.33. The van der Waals surface area contributed by atoms with Gasteiger partial charge in [-0.05, 0) is 31.9 Å². The monoisotopic (exact) mass is 534 g/mol. The summed E-state index contributed by atoms with van der Waals surface area (Å²) in [6.07, 6.45) is 0.0246. The molecule has 0 saturated carbocycles. The number of alkyl halides is 2. The summed E-state index contributed by atoms with van der Waals surface area (Å²) in [6, 6.07) is 10.9. The van der Waals surface area contributed by atoms with Crippen LogP contribution < -0.4 is 5.32 Å². The summed E-state index contributed by atoms with van der Waals surface area (Å²) in [5.41, 5.74) is -0.221. The number of carbonyl (C=O) groups excluding carboxylic acids is 2. The van der Waals surface area contributed by atoms with Crippen LogP contribution in [0, 0.1) is 17.2 Å². The zero-order chi connectivity index (χ0) is 27.9. The summed E-state index contributed by atoms with van der Waals surface area (Å²) < 4.78 is 37.6. The second-order valence-electron chi connectivity index (χ2n) is 10.1. The summed E-state index contributed by atoms with van der Waals surface area (Å²) in [5.74, 6) is -3.46. The van der Waals surface area contributed by atoms with Crippen molar-refractivity contribution in [1.29, 1.82) is 5.26 Å². The maximum Gasteiger partial charge on any atom is 0.635 e. The van der Waals surface area contributed by atoms with Crippen molar-refractivity contribution in [1.82, 2.24) is 15.1 Å². The highest BCUT2D eigenvalue weighted by molar-refractivity contribution is 6.32. The number of benzene rings is 1. The normalized spacial score (nSPS) is 20.6. The first-order valence-electron chi connectivity index (χ1n) is 12.4. The molecule has 0 aromatic heterocycles. The van der Waals surface area contributed by atoms with Gasteiger partial charge >= 0.3 is 13.4 Å². The van der Waals surface area contributed by atoms with Crippen molar-refractivity contribution in [2.24, 2.45) is 5.92 Å². The lowest BCUT2D eigenvalue weighted by molar-refractivity contribution is -0.125. The third-order valence-corrected chi connectivity index (χ3v) is 6.69. The number of rotatable bonds is 10. The third kappa shape index (κ3) is 8.49. The summed E-state index contributed by atoms with van der Waals surface area (Å²) in [7, 11) is -2.09. The Labute approximate surface area is 221 Å².